The van der Waals surface area contributed by atoms with E-state index in [4.69, 9.17) is 9.47 Å². The molecule has 1 atom stereocenters. The lowest BCUT2D eigenvalue weighted by Crippen LogP contribution is -2.37. The summed E-state index contributed by atoms with van der Waals surface area (Å²) in [6.45, 7) is 5.36. The summed E-state index contributed by atoms with van der Waals surface area (Å²) >= 11 is 0. The third-order valence-electron chi connectivity index (χ3n) is 2.63. The van der Waals surface area contributed by atoms with Crippen molar-refractivity contribution in [1.29, 1.82) is 0 Å². The average Bonchev–Trinajstić information content (AvgIpc) is 2.49. The predicted molar refractivity (Wildman–Crippen MR) is 56.9 cm³/mol. The summed E-state index contributed by atoms with van der Waals surface area (Å²) in [6.07, 6.45) is 0. The molecule has 0 aliphatic carbocycles. The molecule has 0 spiro atoms. The van der Waals surface area contributed by atoms with E-state index >= 15 is 0 Å². The van der Waals surface area contributed by atoms with E-state index in [0.717, 1.165) is 6.54 Å². The van der Waals surface area contributed by atoms with Crippen LogP contribution < -0.4 is 0 Å². The second-order valence-corrected chi connectivity index (χ2v) is 3.76. The minimum absolute atomic E-state index is 0.0941. The predicted octanol–water partition coefficient (Wildman–Crippen LogP) is 0.405. The number of hydrogen-bond acceptors (Lipinski definition) is 3. The largest absolute Gasteiger partial charge is 0.383 e. The fourth-order valence-corrected chi connectivity index (χ4v) is 1.76. The molecule has 1 rings (SSSR count). The Morgan fingerprint density at radius 2 is 1.87 bits per heavy atom. The molecular formula is C10H20N2O3. The number of methoxy groups -OCH3 is 2. The average molecular weight is 216 g/mol. The Hall–Kier alpha value is -0.810. The maximum atomic E-state index is 11.9. The molecule has 5 nitrogen and oxygen atoms in total. The van der Waals surface area contributed by atoms with Crippen LogP contribution in [0.15, 0.2) is 0 Å². The van der Waals surface area contributed by atoms with Gasteiger partial charge in [-0.15, -0.1) is 0 Å². The van der Waals surface area contributed by atoms with Crippen molar-refractivity contribution < 1.29 is 14.3 Å². The van der Waals surface area contributed by atoms with Crippen LogP contribution in [0.2, 0.25) is 0 Å². The number of carbonyl (C=O) groups excluding carboxylic acids is 1. The molecule has 1 unspecified atom stereocenters. The maximum absolute atomic E-state index is 11.9. The van der Waals surface area contributed by atoms with Crippen LogP contribution in [0.1, 0.15) is 6.92 Å². The van der Waals surface area contributed by atoms with Crippen LogP contribution in [0, 0.1) is 0 Å². The summed E-state index contributed by atoms with van der Waals surface area (Å²) < 4.78 is 9.95. The summed E-state index contributed by atoms with van der Waals surface area (Å²) in [5.41, 5.74) is 0. The lowest BCUT2D eigenvalue weighted by Gasteiger charge is -2.19. The topological polar surface area (TPSA) is 42.0 Å². The van der Waals surface area contributed by atoms with Crippen molar-refractivity contribution in [2.45, 2.75) is 13.0 Å². The molecule has 0 saturated carbocycles. The van der Waals surface area contributed by atoms with Gasteiger partial charge in [-0.25, -0.2) is 4.79 Å². The van der Waals surface area contributed by atoms with Crippen LogP contribution in [0.25, 0.3) is 0 Å². The summed E-state index contributed by atoms with van der Waals surface area (Å²) in [5, 5.41) is 0. The van der Waals surface area contributed by atoms with Crippen LogP contribution in [0.5, 0.6) is 0 Å². The van der Waals surface area contributed by atoms with E-state index in [1.54, 1.807) is 14.2 Å². The summed E-state index contributed by atoms with van der Waals surface area (Å²) in [5.74, 6) is 0. The molecule has 1 aliphatic heterocycles. The second kappa shape index (κ2) is 5.92. The zero-order chi connectivity index (χ0) is 11.3. The standard InChI is InChI=1S/C10H20N2O3/c1-9-8-11(4-6-14-2)10(13)12(9)5-7-15-3/h9H,4-8H2,1-3H3. The van der Waals surface area contributed by atoms with Gasteiger partial charge in [0.25, 0.3) is 0 Å². The first-order valence-electron chi connectivity index (χ1n) is 5.24. The van der Waals surface area contributed by atoms with Gasteiger partial charge in [0.15, 0.2) is 0 Å². The Morgan fingerprint density at radius 3 is 2.47 bits per heavy atom. The Balaban J connectivity index is 2.42. The summed E-state index contributed by atoms with van der Waals surface area (Å²) in [6, 6.07) is 0.362. The molecule has 88 valence electrons. The first kappa shape index (κ1) is 12.3. The van der Waals surface area contributed by atoms with E-state index in [1.807, 2.05) is 9.80 Å². The van der Waals surface area contributed by atoms with Gasteiger partial charge < -0.3 is 19.3 Å². The minimum atomic E-state index is 0.0941. The van der Waals surface area contributed by atoms with Crippen molar-refractivity contribution in [1.82, 2.24) is 9.80 Å². The molecule has 0 aromatic heterocycles. The maximum Gasteiger partial charge on any atom is 0.320 e. The van der Waals surface area contributed by atoms with Gasteiger partial charge in [-0.1, -0.05) is 0 Å². The quantitative estimate of drug-likeness (QED) is 0.645. The molecule has 1 fully saturated rings. The molecule has 2 amide bonds. The Bertz CT molecular complexity index is 211. The van der Waals surface area contributed by atoms with Crippen LogP contribution >= 0.6 is 0 Å². The van der Waals surface area contributed by atoms with Crippen molar-refractivity contribution in [3.8, 4) is 0 Å². The van der Waals surface area contributed by atoms with Gasteiger partial charge in [0.1, 0.15) is 0 Å². The molecule has 0 radical (unpaired) electrons. The number of hydrogen-bond donors (Lipinski definition) is 0. The number of amides is 2. The molecule has 0 bridgehead atoms. The summed E-state index contributed by atoms with van der Waals surface area (Å²) in [4.78, 5) is 15.5. The van der Waals surface area contributed by atoms with Crippen LogP contribution in [-0.4, -0.2) is 68.9 Å². The van der Waals surface area contributed by atoms with Crippen molar-refractivity contribution in [3.63, 3.8) is 0 Å². The van der Waals surface area contributed by atoms with Crippen LogP contribution in [0.3, 0.4) is 0 Å². The van der Waals surface area contributed by atoms with Crippen molar-refractivity contribution in [2.24, 2.45) is 0 Å². The molecule has 1 saturated heterocycles. The number of nitrogens with zero attached hydrogens (tertiary/aromatic N) is 2. The number of carbonyl (C=O) groups is 1. The molecule has 0 aromatic carbocycles. The van der Waals surface area contributed by atoms with Crippen molar-refractivity contribution in [2.75, 3.05) is 47.1 Å². The first-order valence-corrected chi connectivity index (χ1v) is 5.24. The zero-order valence-corrected chi connectivity index (χ0v) is 9.73. The molecule has 1 aliphatic rings. The normalized spacial score (nSPS) is 21.5. The number of urea groups is 1. The Kier molecular flexibility index (Phi) is 4.84. The van der Waals surface area contributed by atoms with Crippen molar-refractivity contribution >= 4 is 6.03 Å². The molecule has 0 N–H and O–H groups in total. The molecule has 1 heterocycles. The smallest absolute Gasteiger partial charge is 0.320 e. The highest BCUT2D eigenvalue weighted by Crippen LogP contribution is 2.14. The monoisotopic (exact) mass is 216 g/mol. The highest BCUT2D eigenvalue weighted by Gasteiger charge is 2.33. The SMILES string of the molecule is COCCN1CC(C)N(CCOC)C1=O. The van der Waals surface area contributed by atoms with Crippen LogP contribution in [-0.2, 0) is 9.47 Å². The Labute approximate surface area is 90.9 Å². The lowest BCUT2D eigenvalue weighted by molar-refractivity contribution is 0.139. The van der Waals surface area contributed by atoms with Crippen LogP contribution in [0.4, 0.5) is 4.79 Å². The van der Waals surface area contributed by atoms with Gasteiger partial charge in [0.2, 0.25) is 0 Å². The van der Waals surface area contributed by atoms with Gasteiger partial charge in [-0.3, -0.25) is 0 Å². The third-order valence-corrected chi connectivity index (χ3v) is 2.63. The lowest BCUT2D eigenvalue weighted by atomic mass is 10.3. The number of rotatable bonds is 6. The molecule has 0 aromatic rings. The second-order valence-electron chi connectivity index (χ2n) is 3.76. The van der Waals surface area contributed by atoms with E-state index in [2.05, 4.69) is 6.92 Å². The first-order chi connectivity index (χ1) is 7.20. The van der Waals surface area contributed by atoms with Gasteiger partial charge in [-0.2, -0.15) is 0 Å². The highest BCUT2D eigenvalue weighted by molar-refractivity contribution is 5.77. The van der Waals surface area contributed by atoms with Gasteiger partial charge in [-0.05, 0) is 6.92 Å². The highest BCUT2D eigenvalue weighted by atomic mass is 16.5. The van der Waals surface area contributed by atoms with E-state index in [9.17, 15) is 4.79 Å². The van der Waals surface area contributed by atoms with E-state index in [1.165, 1.54) is 0 Å². The number of ether oxygens (including phenoxy) is 2. The van der Waals surface area contributed by atoms with Gasteiger partial charge >= 0.3 is 6.03 Å². The fourth-order valence-electron chi connectivity index (χ4n) is 1.76. The Morgan fingerprint density at radius 1 is 1.27 bits per heavy atom. The van der Waals surface area contributed by atoms with E-state index < -0.39 is 0 Å². The van der Waals surface area contributed by atoms with E-state index in [-0.39, 0.29) is 12.1 Å². The zero-order valence-electron chi connectivity index (χ0n) is 9.73. The van der Waals surface area contributed by atoms with Gasteiger partial charge in [0.05, 0.1) is 13.2 Å². The molecule has 5 heteroatoms. The van der Waals surface area contributed by atoms with E-state index in [0.29, 0.717) is 26.3 Å². The fraction of sp³-hybridized carbons (Fsp3) is 0.900. The van der Waals surface area contributed by atoms with Crippen molar-refractivity contribution in [3.05, 3.63) is 0 Å². The van der Waals surface area contributed by atoms with Gasteiger partial charge in [0, 0.05) is 39.9 Å². The molecular weight excluding hydrogens is 196 g/mol. The third kappa shape index (κ3) is 3.07. The summed E-state index contributed by atoms with van der Waals surface area (Å²) in [7, 11) is 3.29. The molecule has 15 heavy (non-hydrogen) atoms. The minimum Gasteiger partial charge on any atom is -0.383 e.